The fourth-order valence-corrected chi connectivity index (χ4v) is 2.93. The lowest BCUT2D eigenvalue weighted by atomic mass is 9.78. The van der Waals surface area contributed by atoms with Gasteiger partial charge >= 0.3 is 17.9 Å². The first-order valence-corrected chi connectivity index (χ1v) is 7.31. The number of nitrogens with one attached hydrogen (secondary N) is 1. The maximum Gasteiger partial charge on any atom is 0.321 e. The van der Waals surface area contributed by atoms with Crippen molar-refractivity contribution in [3.63, 3.8) is 0 Å². The maximum absolute atomic E-state index is 11.2. The lowest BCUT2D eigenvalue weighted by Gasteiger charge is -2.25. The summed E-state index contributed by atoms with van der Waals surface area (Å²) >= 11 is 0. The van der Waals surface area contributed by atoms with E-state index in [0.29, 0.717) is 13.0 Å². The zero-order valence-electron chi connectivity index (χ0n) is 12.7. The van der Waals surface area contributed by atoms with Crippen LogP contribution in [0.15, 0.2) is 12.2 Å². The van der Waals surface area contributed by atoms with Gasteiger partial charge in [-0.05, 0) is 37.6 Å². The number of carbonyl (C=O) groups is 3. The van der Waals surface area contributed by atoms with Crippen molar-refractivity contribution in [2.45, 2.75) is 32.7 Å². The summed E-state index contributed by atoms with van der Waals surface area (Å²) in [5, 5.41) is 29.8. The predicted molar refractivity (Wildman–Crippen MR) is 78.4 cm³/mol. The van der Waals surface area contributed by atoms with E-state index in [1.807, 2.05) is 6.92 Å². The van der Waals surface area contributed by atoms with Crippen LogP contribution in [-0.2, 0) is 14.4 Å². The number of rotatable bonds is 8. The first-order valence-electron chi connectivity index (χ1n) is 7.31. The van der Waals surface area contributed by atoms with Crippen molar-refractivity contribution in [2.24, 2.45) is 23.7 Å². The molecule has 0 aromatic rings. The van der Waals surface area contributed by atoms with Gasteiger partial charge in [-0.3, -0.25) is 14.4 Å². The van der Waals surface area contributed by atoms with Gasteiger partial charge in [0.25, 0.3) is 0 Å². The van der Waals surface area contributed by atoms with Gasteiger partial charge in [0.05, 0.1) is 12.3 Å². The number of carboxylic acid groups (broad SMARTS) is 3. The molecule has 1 heterocycles. The Labute approximate surface area is 129 Å². The van der Waals surface area contributed by atoms with Crippen molar-refractivity contribution < 1.29 is 29.7 Å². The average molecular weight is 313 g/mol. The van der Waals surface area contributed by atoms with Crippen molar-refractivity contribution in [3.05, 3.63) is 12.2 Å². The minimum atomic E-state index is -1.03. The first kappa shape index (κ1) is 18.2. The Kier molecular flexibility index (Phi) is 6.55. The Morgan fingerprint density at radius 3 is 2.36 bits per heavy atom. The van der Waals surface area contributed by atoms with Crippen LogP contribution in [0.3, 0.4) is 0 Å². The molecule has 0 radical (unpaired) electrons. The predicted octanol–water partition coefficient (Wildman–Crippen LogP) is 1.05. The van der Waals surface area contributed by atoms with Crippen molar-refractivity contribution in [2.75, 3.05) is 6.54 Å². The smallest absolute Gasteiger partial charge is 0.321 e. The third-order valence-corrected chi connectivity index (χ3v) is 4.28. The van der Waals surface area contributed by atoms with Crippen molar-refractivity contribution in [1.82, 2.24) is 5.32 Å². The summed E-state index contributed by atoms with van der Waals surface area (Å²) in [5.41, 5.74) is 0. The molecule has 0 aromatic carbocycles. The fourth-order valence-electron chi connectivity index (χ4n) is 2.93. The van der Waals surface area contributed by atoms with Crippen LogP contribution in [0.4, 0.5) is 0 Å². The van der Waals surface area contributed by atoms with E-state index in [4.69, 9.17) is 10.2 Å². The van der Waals surface area contributed by atoms with Crippen LogP contribution >= 0.6 is 0 Å². The van der Waals surface area contributed by atoms with Crippen LogP contribution < -0.4 is 5.32 Å². The Balaban J connectivity index is 2.69. The Bertz CT molecular complexity index is 461. The molecule has 0 spiro atoms. The van der Waals surface area contributed by atoms with Crippen LogP contribution in [-0.4, -0.2) is 45.8 Å². The number of carboxylic acids is 3. The minimum absolute atomic E-state index is 0.0676. The van der Waals surface area contributed by atoms with Crippen molar-refractivity contribution in [1.29, 1.82) is 0 Å². The first-order chi connectivity index (χ1) is 10.2. The Morgan fingerprint density at radius 2 is 1.86 bits per heavy atom. The molecule has 22 heavy (non-hydrogen) atoms. The second-order valence-corrected chi connectivity index (χ2v) is 5.92. The van der Waals surface area contributed by atoms with Crippen LogP contribution in [0.5, 0.6) is 0 Å². The zero-order valence-corrected chi connectivity index (χ0v) is 12.7. The third-order valence-electron chi connectivity index (χ3n) is 4.28. The summed E-state index contributed by atoms with van der Waals surface area (Å²) in [6.45, 7) is 3.97. The van der Waals surface area contributed by atoms with Crippen molar-refractivity contribution in [3.8, 4) is 0 Å². The Hall–Kier alpha value is -1.89. The van der Waals surface area contributed by atoms with Crippen molar-refractivity contribution >= 4 is 17.9 Å². The molecule has 7 heteroatoms. The topological polar surface area (TPSA) is 124 Å². The van der Waals surface area contributed by atoms with Gasteiger partial charge in [0.1, 0.15) is 6.04 Å². The highest BCUT2D eigenvalue weighted by molar-refractivity contribution is 5.76. The van der Waals surface area contributed by atoms with Gasteiger partial charge in [-0.15, -0.1) is 0 Å². The molecule has 5 atom stereocenters. The lowest BCUT2D eigenvalue weighted by molar-refractivity contribution is -0.143. The molecule has 0 aromatic heterocycles. The minimum Gasteiger partial charge on any atom is -0.481 e. The van der Waals surface area contributed by atoms with Crippen LogP contribution in [0.2, 0.25) is 0 Å². The number of allylic oxidation sites excluding steroid dienone is 1. The molecule has 4 N–H and O–H groups in total. The second kappa shape index (κ2) is 7.93. The summed E-state index contributed by atoms with van der Waals surface area (Å²) in [4.78, 5) is 32.9. The summed E-state index contributed by atoms with van der Waals surface area (Å²) in [6.07, 6.45) is 3.78. The molecule has 1 fully saturated rings. The molecule has 0 bridgehead atoms. The highest BCUT2D eigenvalue weighted by Gasteiger charge is 2.42. The Morgan fingerprint density at radius 1 is 1.23 bits per heavy atom. The van der Waals surface area contributed by atoms with Gasteiger partial charge in [-0.2, -0.15) is 0 Å². The van der Waals surface area contributed by atoms with E-state index in [0.717, 1.165) is 0 Å². The second-order valence-electron chi connectivity index (χ2n) is 5.92. The van der Waals surface area contributed by atoms with E-state index >= 15 is 0 Å². The molecule has 124 valence electrons. The quantitative estimate of drug-likeness (QED) is 0.494. The van der Waals surface area contributed by atoms with Gasteiger partial charge < -0.3 is 20.6 Å². The summed E-state index contributed by atoms with van der Waals surface area (Å²) in [7, 11) is 0. The van der Waals surface area contributed by atoms with Crippen LogP contribution in [0.25, 0.3) is 0 Å². The average Bonchev–Trinajstić information content (AvgIpc) is 2.81. The molecule has 7 nitrogen and oxygen atoms in total. The number of hydrogen-bond acceptors (Lipinski definition) is 4. The molecule has 1 saturated heterocycles. The highest BCUT2D eigenvalue weighted by atomic mass is 16.4. The molecule has 0 amide bonds. The molecule has 0 saturated carbocycles. The molecule has 1 aliphatic heterocycles. The summed E-state index contributed by atoms with van der Waals surface area (Å²) in [5.74, 6) is -3.98. The van der Waals surface area contributed by atoms with Gasteiger partial charge in [0.2, 0.25) is 0 Å². The summed E-state index contributed by atoms with van der Waals surface area (Å²) < 4.78 is 0. The zero-order chi connectivity index (χ0) is 16.9. The molecule has 0 aliphatic carbocycles. The van der Waals surface area contributed by atoms with Gasteiger partial charge in [-0.25, -0.2) is 0 Å². The fraction of sp³-hybridized carbons (Fsp3) is 0.667. The lowest BCUT2D eigenvalue weighted by Crippen LogP contribution is -2.37. The maximum atomic E-state index is 11.2. The largest absolute Gasteiger partial charge is 0.481 e. The van der Waals surface area contributed by atoms with E-state index < -0.39 is 35.8 Å². The summed E-state index contributed by atoms with van der Waals surface area (Å²) in [6, 6.07) is -0.842. The normalized spacial score (nSPS) is 27.6. The van der Waals surface area contributed by atoms with Gasteiger partial charge in [0, 0.05) is 0 Å². The van der Waals surface area contributed by atoms with Crippen LogP contribution in [0, 0.1) is 23.7 Å². The highest BCUT2D eigenvalue weighted by Crippen LogP contribution is 2.33. The van der Waals surface area contributed by atoms with E-state index in [1.165, 1.54) is 0 Å². The van der Waals surface area contributed by atoms with Crippen LogP contribution in [0.1, 0.15) is 26.7 Å². The molecule has 1 aliphatic rings. The molecule has 1 rings (SSSR count). The van der Waals surface area contributed by atoms with E-state index in [2.05, 4.69) is 5.32 Å². The molecule has 1 unspecified atom stereocenters. The third kappa shape index (κ3) is 4.84. The SMILES string of the molecule is CC(C/C=C/[C@@H](C)C(=O)O)[C@H]1CN[C@H](C(=O)O)[C@H]1CC(=O)O. The number of hydrogen-bond donors (Lipinski definition) is 4. The van der Waals surface area contributed by atoms with Gasteiger partial charge in [-0.1, -0.05) is 19.1 Å². The molecular formula is C15H23NO6. The standard InChI is InChI=1S/C15H23NO6/c1-8(4-3-5-9(2)14(19)20)11-7-16-13(15(21)22)10(11)6-12(17)18/h3,5,8-11,13,16H,4,6-7H2,1-2H3,(H,17,18)(H,19,20)(H,21,22)/b5-3+/t8?,9-,10+,11-,13+/m1/s1. The van der Waals surface area contributed by atoms with E-state index in [9.17, 15) is 19.5 Å². The monoisotopic (exact) mass is 313 g/mol. The van der Waals surface area contributed by atoms with E-state index in [1.54, 1.807) is 19.1 Å². The van der Waals surface area contributed by atoms with Gasteiger partial charge in [0.15, 0.2) is 0 Å². The molecular weight excluding hydrogens is 290 g/mol. The number of aliphatic carboxylic acids is 3. The van der Waals surface area contributed by atoms with E-state index in [-0.39, 0.29) is 18.3 Å².